The zero-order valence-corrected chi connectivity index (χ0v) is 23.9. The van der Waals surface area contributed by atoms with Crippen LogP contribution in [0.5, 0.6) is 5.75 Å². The number of hydrogen-bond acceptors (Lipinski definition) is 6. The van der Waals surface area contributed by atoms with E-state index in [-0.39, 0.29) is 32.6 Å². The van der Waals surface area contributed by atoms with E-state index >= 15 is 0 Å². The number of rotatable bonds is 16. The van der Waals surface area contributed by atoms with Gasteiger partial charge in [-0.3, -0.25) is 19.7 Å². The van der Waals surface area contributed by atoms with Crippen LogP contribution in [0, 0.1) is 0 Å². The highest BCUT2D eigenvalue weighted by Crippen LogP contribution is 2.20. The number of aliphatic carboxylic acids is 1. The summed E-state index contributed by atoms with van der Waals surface area (Å²) in [6, 6.07) is 34.9. The van der Waals surface area contributed by atoms with Gasteiger partial charge in [-0.2, -0.15) is 0 Å². The molecule has 0 aromatic heterocycles. The van der Waals surface area contributed by atoms with Gasteiger partial charge in [0.25, 0.3) is 0 Å². The summed E-state index contributed by atoms with van der Waals surface area (Å²) in [4.78, 5) is 37.7. The van der Waals surface area contributed by atoms with Crippen LogP contribution in [0.4, 0.5) is 0 Å². The number of carboxylic acid groups (broad SMARTS) is 1. The molecule has 0 heterocycles. The smallest absolute Gasteiger partial charge is 0.323 e. The Kier molecular flexibility index (Phi) is 11.9. The van der Waals surface area contributed by atoms with Crippen molar-refractivity contribution >= 4 is 17.8 Å². The van der Waals surface area contributed by atoms with Crippen molar-refractivity contribution in [2.45, 2.75) is 31.3 Å². The van der Waals surface area contributed by atoms with Gasteiger partial charge in [0.2, 0.25) is 5.91 Å². The highest BCUT2D eigenvalue weighted by molar-refractivity contribution is 5.84. The van der Waals surface area contributed by atoms with E-state index in [4.69, 9.17) is 14.6 Å². The van der Waals surface area contributed by atoms with E-state index in [1.807, 2.05) is 115 Å². The normalized spacial score (nSPS) is 12.1. The second-order valence-corrected chi connectivity index (χ2v) is 9.99. The molecule has 43 heavy (non-hydrogen) atoms. The lowest BCUT2D eigenvalue weighted by atomic mass is 9.99. The van der Waals surface area contributed by atoms with E-state index in [9.17, 15) is 14.4 Å². The average Bonchev–Trinajstić information content (AvgIpc) is 3.04. The van der Waals surface area contributed by atoms with Crippen LogP contribution in [0.2, 0.25) is 0 Å². The predicted molar refractivity (Wildman–Crippen MR) is 165 cm³/mol. The molecule has 4 aromatic carbocycles. The monoisotopic (exact) mass is 580 g/mol. The molecular weight excluding hydrogens is 544 g/mol. The summed E-state index contributed by atoms with van der Waals surface area (Å²) in [6.45, 7) is 0.196. The van der Waals surface area contributed by atoms with Gasteiger partial charge in [-0.25, -0.2) is 0 Å². The van der Waals surface area contributed by atoms with Crippen LogP contribution in [0.25, 0.3) is 11.1 Å². The summed E-state index contributed by atoms with van der Waals surface area (Å²) in [7, 11) is 0. The van der Waals surface area contributed by atoms with Crippen molar-refractivity contribution in [1.82, 2.24) is 10.6 Å². The van der Waals surface area contributed by atoms with E-state index in [0.29, 0.717) is 12.2 Å². The Morgan fingerprint density at radius 1 is 0.651 bits per heavy atom. The maximum absolute atomic E-state index is 13.3. The molecule has 0 aliphatic heterocycles. The molecule has 3 N–H and O–H groups in total. The van der Waals surface area contributed by atoms with Crippen molar-refractivity contribution in [3.63, 3.8) is 0 Å². The van der Waals surface area contributed by atoms with Gasteiger partial charge in [0, 0.05) is 6.54 Å². The Morgan fingerprint density at radius 3 is 1.86 bits per heavy atom. The van der Waals surface area contributed by atoms with Crippen molar-refractivity contribution in [2.75, 3.05) is 19.8 Å². The first-order valence-corrected chi connectivity index (χ1v) is 14.3. The molecule has 8 nitrogen and oxygen atoms in total. The number of amides is 1. The molecule has 2 atom stereocenters. The first kappa shape index (κ1) is 31.0. The van der Waals surface area contributed by atoms with E-state index in [1.165, 1.54) is 0 Å². The van der Waals surface area contributed by atoms with E-state index in [2.05, 4.69) is 10.6 Å². The van der Waals surface area contributed by atoms with Gasteiger partial charge < -0.3 is 19.9 Å². The number of carbonyl (C=O) groups excluding carboxylic acids is 2. The van der Waals surface area contributed by atoms with Crippen LogP contribution < -0.4 is 15.4 Å². The molecule has 0 aliphatic rings. The quantitative estimate of drug-likeness (QED) is 0.130. The Hall–Kier alpha value is -4.95. The fraction of sp³-hybridized carbons (Fsp3) is 0.229. The van der Waals surface area contributed by atoms with Gasteiger partial charge in [-0.05, 0) is 47.2 Å². The summed E-state index contributed by atoms with van der Waals surface area (Å²) in [6.07, 6.45) is 0.371. The largest absolute Gasteiger partial charge is 0.490 e. The third kappa shape index (κ3) is 10.4. The van der Waals surface area contributed by atoms with Crippen LogP contribution in [0.3, 0.4) is 0 Å². The van der Waals surface area contributed by atoms with Gasteiger partial charge in [0.15, 0.2) is 0 Å². The number of esters is 1. The van der Waals surface area contributed by atoms with Crippen LogP contribution in [-0.2, 0) is 32.0 Å². The molecule has 4 aromatic rings. The first-order chi connectivity index (χ1) is 21.0. The number of carbonyl (C=O) groups is 3. The zero-order valence-electron chi connectivity index (χ0n) is 23.9. The molecule has 0 saturated heterocycles. The number of para-hydroxylation sites is 1. The van der Waals surface area contributed by atoms with Crippen molar-refractivity contribution in [2.24, 2.45) is 0 Å². The molecule has 222 valence electrons. The van der Waals surface area contributed by atoms with E-state index < -0.39 is 29.9 Å². The molecule has 0 radical (unpaired) electrons. The lowest BCUT2D eigenvalue weighted by Crippen LogP contribution is -2.53. The Labute approximate surface area is 251 Å². The molecule has 8 heteroatoms. The van der Waals surface area contributed by atoms with E-state index in [0.717, 1.165) is 22.3 Å². The maximum Gasteiger partial charge on any atom is 0.323 e. The SMILES string of the molecule is O=C(O)CCNC(=O)[C@H](Cc1ccc(-c2ccccc2)cc1)NC(Cc1ccccc1)C(=O)OCCOc1ccccc1. The number of benzene rings is 4. The average molecular weight is 581 g/mol. The zero-order chi connectivity index (χ0) is 30.3. The number of nitrogens with one attached hydrogen (secondary N) is 2. The van der Waals surface area contributed by atoms with Crippen molar-refractivity contribution < 1.29 is 29.0 Å². The fourth-order valence-corrected chi connectivity index (χ4v) is 4.56. The highest BCUT2D eigenvalue weighted by atomic mass is 16.6. The van der Waals surface area contributed by atoms with E-state index in [1.54, 1.807) is 0 Å². The van der Waals surface area contributed by atoms with Gasteiger partial charge >= 0.3 is 11.9 Å². The minimum Gasteiger partial charge on any atom is -0.490 e. The number of ether oxygens (including phenoxy) is 2. The summed E-state index contributed by atoms with van der Waals surface area (Å²) in [5.41, 5.74) is 3.91. The van der Waals surface area contributed by atoms with Crippen molar-refractivity contribution in [1.29, 1.82) is 0 Å². The molecule has 0 fully saturated rings. The molecular formula is C35H36N2O6. The Balaban J connectivity index is 1.48. The van der Waals surface area contributed by atoms with Crippen LogP contribution in [0.1, 0.15) is 17.5 Å². The Bertz CT molecular complexity index is 1430. The molecule has 0 saturated carbocycles. The van der Waals surface area contributed by atoms with Crippen LogP contribution in [0.15, 0.2) is 115 Å². The highest BCUT2D eigenvalue weighted by Gasteiger charge is 2.28. The lowest BCUT2D eigenvalue weighted by Gasteiger charge is -2.25. The van der Waals surface area contributed by atoms with Gasteiger partial charge in [-0.15, -0.1) is 0 Å². The minimum absolute atomic E-state index is 0.0239. The maximum atomic E-state index is 13.3. The summed E-state index contributed by atoms with van der Waals surface area (Å²) in [5.74, 6) is -1.24. The molecule has 0 aliphatic carbocycles. The predicted octanol–water partition coefficient (Wildman–Crippen LogP) is 4.68. The second kappa shape index (κ2) is 16.5. The molecule has 1 unspecified atom stereocenters. The third-order valence-corrected chi connectivity index (χ3v) is 6.76. The third-order valence-electron chi connectivity index (χ3n) is 6.76. The summed E-state index contributed by atoms with van der Waals surface area (Å²) >= 11 is 0. The Morgan fingerprint density at radius 2 is 1.21 bits per heavy atom. The topological polar surface area (TPSA) is 114 Å². The molecule has 0 spiro atoms. The van der Waals surface area contributed by atoms with Crippen molar-refractivity contribution in [3.05, 3.63) is 126 Å². The minimum atomic E-state index is -1.01. The summed E-state index contributed by atoms with van der Waals surface area (Å²) < 4.78 is 11.2. The standard InChI is InChI=1S/C35H36N2O6/c38-33(39)20-21-36-34(40)31(24-27-16-18-29(19-17-27)28-12-6-2-7-13-28)37-32(25-26-10-4-1-5-11-26)35(41)43-23-22-42-30-14-8-3-9-15-30/h1-19,31-32,37H,20-25H2,(H,36,40)(H,38,39)/t31-,32?/m0/s1. The molecule has 0 bridgehead atoms. The fourth-order valence-electron chi connectivity index (χ4n) is 4.56. The molecule has 1 amide bonds. The first-order valence-electron chi connectivity index (χ1n) is 14.3. The number of hydrogen-bond donors (Lipinski definition) is 3. The van der Waals surface area contributed by atoms with Gasteiger partial charge in [0.1, 0.15) is 25.0 Å². The lowest BCUT2D eigenvalue weighted by molar-refractivity contribution is -0.147. The second-order valence-electron chi connectivity index (χ2n) is 9.99. The number of carboxylic acids is 1. The van der Waals surface area contributed by atoms with Crippen LogP contribution in [-0.4, -0.2) is 54.8 Å². The van der Waals surface area contributed by atoms with Crippen molar-refractivity contribution in [3.8, 4) is 16.9 Å². The van der Waals surface area contributed by atoms with Crippen LogP contribution >= 0.6 is 0 Å². The molecule has 4 rings (SSSR count). The summed E-state index contributed by atoms with van der Waals surface area (Å²) in [5, 5.41) is 15.0. The van der Waals surface area contributed by atoms with Gasteiger partial charge in [0.05, 0.1) is 12.5 Å². The van der Waals surface area contributed by atoms with Gasteiger partial charge in [-0.1, -0.05) is 103 Å².